The fraction of sp³-hybridized carbons (Fsp3) is 0.263. The Balaban J connectivity index is 1.61. The summed E-state index contributed by atoms with van der Waals surface area (Å²) < 4.78 is 13.8. The number of amides is 2. The quantitative estimate of drug-likeness (QED) is 0.934. The third-order valence-electron chi connectivity index (χ3n) is 4.22. The zero-order valence-electron chi connectivity index (χ0n) is 14.0. The largest absolute Gasteiger partial charge is 0.368 e. The standard InChI is InChI=1S/C19H20FN3O2/c1-14(24)21-15-6-8-16(9-7-15)22-10-12-23(13-11-22)19(25)17-4-2-3-5-18(17)20/h2-9H,10-13H2,1H3,(H,21,24). The van der Waals surface area contributed by atoms with Gasteiger partial charge in [0.2, 0.25) is 5.91 Å². The van der Waals surface area contributed by atoms with E-state index in [9.17, 15) is 14.0 Å². The minimum Gasteiger partial charge on any atom is -0.368 e. The summed E-state index contributed by atoms with van der Waals surface area (Å²) in [6.45, 7) is 3.92. The van der Waals surface area contributed by atoms with Crippen LogP contribution < -0.4 is 10.2 Å². The van der Waals surface area contributed by atoms with Gasteiger partial charge < -0.3 is 15.1 Å². The van der Waals surface area contributed by atoms with E-state index in [0.29, 0.717) is 26.2 Å². The van der Waals surface area contributed by atoms with E-state index in [1.54, 1.807) is 17.0 Å². The highest BCUT2D eigenvalue weighted by Gasteiger charge is 2.23. The number of piperazine rings is 1. The number of hydrogen-bond acceptors (Lipinski definition) is 3. The van der Waals surface area contributed by atoms with E-state index in [0.717, 1.165) is 11.4 Å². The second-order valence-corrected chi connectivity index (χ2v) is 5.99. The van der Waals surface area contributed by atoms with Gasteiger partial charge in [0.1, 0.15) is 5.82 Å². The molecular formula is C19H20FN3O2. The summed E-state index contributed by atoms with van der Waals surface area (Å²) in [6, 6.07) is 13.7. The lowest BCUT2D eigenvalue weighted by molar-refractivity contribution is -0.114. The topological polar surface area (TPSA) is 52.7 Å². The zero-order valence-corrected chi connectivity index (χ0v) is 14.0. The predicted octanol–water partition coefficient (Wildman–Crippen LogP) is 2.75. The van der Waals surface area contributed by atoms with Crippen LogP contribution in [0.2, 0.25) is 0 Å². The Kier molecular flexibility index (Phi) is 4.97. The van der Waals surface area contributed by atoms with Crippen molar-refractivity contribution in [3.63, 3.8) is 0 Å². The Morgan fingerprint density at radius 1 is 0.960 bits per heavy atom. The van der Waals surface area contributed by atoms with E-state index in [1.165, 1.54) is 19.1 Å². The van der Waals surface area contributed by atoms with Crippen molar-refractivity contribution in [2.24, 2.45) is 0 Å². The number of hydrogen-bond donors (Lipinski definition) is 1. The van der Waals surface area contributed by atoms with Crippen LogP contribution in [0.25, 0.3) is 0 Å². The lowest BCUT2D eigenvalue weighted by Gasteiger charge is -2.36. The third-order valence-corrected chi connectivity index (χ3v) is 4.22. The Morgan fingerprint density at radius 3 is 2.20 bits per heavy atom. The van der Waals surface area contributed by atoms with Crippen LogP contribution in [0.1, 0.15) is 17.3 Å². The van der Waals surface area contributed by atoms with Crippen molar-refractivity contribution in [3.8, 4) is 0 Å². The highest BCUT2D eigenvalue weighted by Crippen LogP contribution is 2.20. The maximum atomic E-state index is 13.8. The number of nitrogens with zero attached hydrogens (tertiary/aromatic N) is 2. The van der Waals surface area contributed by atoms with Crippen molar-refractivity contribution in [1.82, 2.24) is 4.90 Å². The van der Waals surface area contributed by atoms with Gasteiger partial charge in [-0.1, -0.05) is 12.1 Å². The summed E-state index contributed by atoms with van der Waals surface area (Å²) >= 11 is 0. The molecule has 1 heterocycles. The van der Waals surface area contributed by atoms with Gasteiger partial charge in [-0.05, 0) is 36.4 Å². The Hall–Kier alpha value is -2.89. The number of carbonyl (C=O) groups is 2. The van der Waals surface area contributed by atoms with Gasteiger partial charge in [-0.15, -0.1) is 0 Å². The third kappa shape index (κ3) is 3.96. The van der Waals surface area contributed by atoms with Gasteiger partial charge in [0.25, 0.3) is 5.91 Å². The summed E-state index contributed by atoms with van der Waals surface area (Å²) in [5, 5.41) is 2.73. The van der Waals surface area contributed by atoms with E-state index >= 15 is 0 Å². The first-order chi connectivity index (χ1) is 12.0. The van der Waals surface area contributed by atoms with Gasteiger partial charge in [-0.2, -0.15) is 0 Å². The van der Waals surface area contributed by atoms with Gasteiger partial charge >= 0.3 is 0 Å². The van der Waals surface area contributed by atoms with Gasteiger partial charge in [-0.3, -0.25) is 9.59 Å². The maximum absolute atomic E-state index is 13.8. The summed E-state index contributed by atoms with van der Waals surface area (Å²) in [4.78, 5) is 27.3. The molecule has 6 heteroatoms. The van der Waals surface area contributed by atoms with Crippen molar-refractivity contribution in [2.45, 2.75) is 6.92 Å². The molecule has 5 nitrogen and oxygen atoms in total. The number of anilines is 2. The molecule has 2 aromatic rings. The molecule has 0 bridgehead atoms. The first-order valence-corrected chi connectivity index (χ1v) is 8.21. The highest BCUT2D eigenvalue weighted by molar-refractivity contribution is 5.94. The molecule has 0 spiro atoms. The predicted molar refractivity (Wildman–Crippen MR) is 95.3 cm³/mol. The number of rotatable bonds is 3. The van der Waals surface area contributed by atoms with E-state index < -0.39 is 5.82 Å². The Morgan fingerprint density at radius 2 is 1.60 bits per heavy atom. The molecule has 1 fully saturated rings. The number of nitrogens with one attached hydrogen (secondary N) is 1. The van der Waals surface area contributed by atoms with E-state index in [1.807, 2.05) is 24.3 Å². The first-order valence-electron chi connectivity index (χ1n) is 8.21. The number of halogens is 1. The lowest BCUT2D eigenvalue weighted by atomic mass is 10.1. The van der Waals surface area contributed by atoms with Crippen molar-refractivity contribution in [3.05, 3.63) is 59.9 Å². The van der Waals surface area contributed by atoms with Gasteiger partial charge in [0, 0.05) is 44.5 Å². The minimum atomic E-state index is -0.483. The zero-order chi connectivity index (χ0) is 17.8. The fourth-order valence-corrected chi connectivity index (χ4v) is 2.93. The second-order valence-electron chi connectivity index (χ2n) is 5.99. The van der Waals surface area contributed by atoms with Gasteiger partial charge in [-0.25, -0.2) is 4.39 Å². The van der Waals surface area contributed by atoms with Crippen molar-refractivity contribution in [1.29, 1.82) is 0 Å². The molecule has 0 atom stereocenters. The second kappa shape index (κ2) is 7.34. The molecule has 3 rings (SSSR count). The Labute approximate surface area is 146 Å². The summed E-state index contributed by atoms with van der Waals surface area (Å²) in [5.74, 6) is -0.852. The average Bonchev–Trinajstić information content (AvgIpc) is 2.62. The van der Waals surface area contributed by atoms with Gasteiger partial charge in [0.15, 0.2) is 0 Å². The molecule has 2 amide bonds. The molecule has 130 valence electrons. The van der Waals surface area contributed by atoms with Crippen LogP contribution in [0.3, 0.4) is 0 Å². The summed E-state index contributed by atoms with van der Waals surface area (Å²) in [6.07, 6.45) is 0. The SMILES string of the molecule is CC(=O)Nc1ccc(N2CCN(C(=O)c3ccccc3F)CC2)cc1. The van der Waals surface area contributed by atoms with Crippen LogP contribution in [0.4, 0.5) is 15.8 Å². The van der Waals surface area contributed by atoms with Crippen LogP contribution in [0.5, 0.6) is 0 Å². The van der Waals surface area contributed by atoms with E-state index in [4.69, 9.17) is 0 Å². The molecule has 1 aliphatic heterocycles. The molecule has 1 saturated heterocycles. The summed E-state index contributed by atoms with van der Waals surface area (Å²) in [7, 11) is 0. The molecular weight excluding hydrogens is 321 g/mol. The Bertz CT molecular complexity index is 768. The normalized spacial score (nSPS) is 14.3. The molecule has 25 heavy (non-hydrogen) atoms. The molecule has 0 radical (unpaired) electrons. The molecule has 1 N–H and O–H groups in total. The molecule has 2 aromatic carbocycles. The molecule has 1 aliphatic rings. The minimum absolute atomic E-state index is 0.104. The lowest BCUT2D eigenvalue weighted by Crippen LogP contribution is -2.49. The maximum Gasteiger partial charge on any atom is 0.256 e. The molecule has 0 aliphatic carbocycles. The van der Waals surface area contributed by atoms with Crippen molar-refractivity contribution < 1.29 is 14.0 Å². The van der Waals surface area contributed by atoms with Gasteiger partial charge in [0.05, 0.1) is 5.56 Å². The van der Waals surface area contributed by atoms with Crippen molar-refractivity contribution in [2.75, 3.05) is 36.4 Å². The smallest absolute Gasteiger partial charge is 0.256 e. The van der Waals surface area contributed by atoms with Crippen molar-refractivity contribution >= 4 is 23.2 Å². The fourth-order valence-electron chi connectivity index (χ4n) is 2.93. The van der Waals surface area contributed by atoms with Crippen LogP contribution in [-0.2, 0) is 4.79 Å². The van der Waals surface area contributed by atoms with Crippen LogP contribution in [-0.4, -0.2) is 42.9 Å². The number of benzene rings is 2. The highest BCUT2D eigenvalue weighted by atomic mass is 19.1. The molecule has 0 aromatic heterocycles. The van der Waals surface area contributed by atoms with E-state index in [2.05, 4.69) is 10.2 Å². The summed E-state index contributed by atoms with van der Waals surface area (Å²) in [5.41, 5.74) is 1.91. The molecule has 0 saturated carbocycles. The average molecular weight is 341 g/mol. The van der Waals surface area contributed by atoms with E-state index in [-0.39, 0.29) is 17.4 Å². The number of carbonyl (C=O) groups excluding carboxylic acids is 2. The van der Waals surface area contributed by atoms with Crippen LogP contribution in [0.15, 0.2) is 48.5 Å². The van der Waals surface area contributed by atoms with Crippen LogP contribution >= 0.6 is 0 Å². The van der Waals surface area contributed by atoms with Crippen LogP contribution in [0, 0.1) is 5.82 Å². The monoisotopic (exact) mass is 341 g/mol. The first kappa shape index (κ1) is 17.0. The molecule has 0 unspecified atom stereocenters.